The Morgan fingerprint density at radius 3 is 1.34 bits per heavy atom. The molecule has 18 rings (SSSR count). The SMILES string of the molecule is [2H]c1c([2H])c([2H])c2c(oc3c([2H])c([2H])c4c5c([2H])c([2H])c(-c6c([2H])c7c([2H])c([2H])c([2H])c([2H])c7c7c([2H])c([2H])c([2H])c([2H])c67)c([2H])c5n(-c5c(-n6c7c([2H])c([2H])c([2H])c([2H])c7c7c([2H])c([2H])c([2H])c([2H])c76)c(C#N)c(-n6c7c([2H])c([2H])c([2H])c([2H])c7c7c([2H])c([2H])c([2H])c([2H])c76)c([N+]#[C-])c5-n5c6c([2H])c([2H])c([2H])c([2H])c6c6c([2H])c([2H])c([2H])c([2H])c65)c4c32)c1[2H]. The molecule has 382 valence electrons. The van der Waals surface area contributed by atoms with Crippen LogP contribution in [0.4, 0.5) is 5.69 Å². The van der Waals surface area contributed by atoms with E-state index in [1.54, 1.807) is 0 Å². The van der Waals surface area contributed by atoms with Crippen LogP contribution in [0.5, 0.6) is 0 Å². The lowest BCUT2D eigenvalue weighted by atomic mass is 9.93. The van der Waals surface area contributed by atoms with Gasteiger partial charge in [-0.3, -0.25) is 0 Å². The highest BCUT2D eigenvalue weighted by atomic mass is 16.3. The highest BCUT2D eigenvalue weighted by Crippen LogP contribution is 2.53. The van der Waals surface area contributed by atoms with Gasteiger partial charge in [-0.25, -0.2) is 4.85 Å². The van der Waals surface area contributed by atoms with Crippen molar-refractivity contribution < 1.29 is 62.0 Å². The second kappa shape index (κ2) is 16.9. The van der Waals surface area contributed by atoms with Crippen molar-refractivity contribution in [1.82, 2.24) is 18.3 Å². The molecule has 0 atom stereocenters. The number of fused-ring (bicyclic) bond motifs is 19. The molecule has 18 aromatic rings. The summed E-state index contributed by atoms with van der Waals surface area (Å²) in [5, 5.41) is 0.714. The number of aromatic nitrogens is 4. The normalized spacial score (nSPS) is 19.2. The van der Waals surface area contributed by atoms with E-state index in [1.165, 1.54) is 0 Å². The van der Waals surface area contributed by atoms with Gasteiger partial charge in [-0.05, 0) is 99.1 Å². The summed E-state index contributed by atoms with van der Waals surface area (Å²) >= 11 is 0. The zero-order chi connectivity index (χ0) is 91.2. The molecule has 13 aromatic carbocycles. The Balaban J connectivity index is 1.33. The van der Waals surface area contributed by atoms with Gasteiger partial charge in [0.25, 0.3) is 0 Å². The molecule has 0 saturated carbocycles. The first-order chi connectivity index (χ1) is 58.6. The van der Waals surface area contributed by atoms with Gasteiger partial charge in [0, 0.05) is 48.5 Å². The third kappa shape index (κ3) is 6.04. The van der Waals surface area contributed by atoms with E-state index in [1.807, 2.05) is 6.07 Å². The Hall–Kier alpha value is -11.6. The Bertz CT molecular complexity index is 8160. The Kier molecular flexibility index (Phi) is 4.24. The van der Waals surface area contributed by atoms with Crippen molar-refractivity contribution in [2.24, 2.45) is 0 Å². The van der Waals surface area contributed by atoms with Crippen molar-refractivity contribution in [3.8, 4) is 39.9 Å². The van der Waals surface area contributed by atoms with Crippen LogP contribution in [0.2, 0.25) is 0 Å². The molecule has 0 unspecified atom stereocenters. The Morgan fingerprint density at radius 1 is 0.361 bits per heavy atom. The number of furan rings is 1. The van der Waals surface area contributed by atoms with Gasteiger partial charge in [0.2, 0.25) is 5.69 Å². The van der Waals surface area contributed by atoms with Crippen LogP contribution < -0.4 is 0 Å². The van der Waals surface area contributed by atoms with Crippen molar-refractivity contribution in [3.63, 3.8) is 0 Å². The summed E-state index contributed by atoms with van der Waals surface area (Å²) < 4.78 is 416. The maximum absolute atomic E-state index is 13.3. The number of hydrogen-bond acceptors (Lipinski definition) is 2. The Morgan fingerprint density at radius 2 is 0.795 bits per heavy atom. The first-order valence-corrected chi connectivity index (χ1v) is 24.5. The average Bonchev–Trinajstić information content (AvgIpc) is 1.50. The summed E-state index contributed by atoms with van der Waals surface area (Å²) in [5.74, 6) is 0. The van der Waals surface area contributed by atoms with Crippen LogP contribution in [-0.4, -0.2) is 18.3 Å². The summed E-state index contributed by atoms with van der Waals surface area (Å²) in [6.45, 7) is 10.1. The topological polar surface area (TPSA) is 61.0 Å². The largest absolute Gasteiger partial charge is 0.456 e. The van der Waals surface area contributed by atoms with Gasteiger partial charge < -0.3 is 22.7 Å². The first kappa shape index (κ1) is 20.8. The summed E-state index contributed by atoms with van der Waals surface area (Å²) in [7, 11) is 0. The molecule has 7 nitrogen and oxygen atoms in total. The molecule has 0 N–H and O–H groups in total. The Labute approximate surface area is 532 Å². The third-order valence-corrected chi connectivity index (χ3v) is 14.6. The molecule has 5 aromatic heterocycles. The molecular weight excluding hydrogens is 1010 g/mol. The van der Waals surface area contributed by atoms with Crippen LogP contribution in [0.25, 0.3) is 169 Å². The van der Waals surface area contributed by atoms with Gasteiger partial charge in [-0.15, -0.1) is 0 Å². The molecule has 0 aliphatic carbocycles. The zero-order valence-corrected chi connectivity index (χ0v) is 41.1. The average molecular weight is 1100 g/mol. The minimum atomic E-state index is -1.45. The van der Waals surface area contributed by atoms with Crippen molar-refractivity contribution in [2.45, 2.75) is 0 Å². The molecule has 0 aliphatic heterocycles. The lowest BCUT2D eigenvalue weighted by Gasteiger charge is -2.27. The number of benzene rings is 13. The maximum atomic E-state index is 13.3. The predicted octanol–water partition coefficient (Wildman–Crippen LogP) is 20.4. The van der Waals surface area contributed by atoms with Crippen molar-refractivity contribution in [3.05, 3.63) is 271 Å². The summed E-state index contributed by atoms with van der Waals surface area (Å²) in [5.41, 5.74) is -21.4. The molecule has 0 fully saturated rings. The fourth-order valence-electron chi connectivity index (χ4n) is 11.4. The molecule has 0 amide bonds. The monoisotopic (exact) mass is 1100 g/mol. The lowest BCUT2D eigenvalue weighted by Crippen LogP contribution is -2.14. The van der Waals surface area contributed by atoms with Gasteiger partial charge in [-0.2, -0.15) is 5.26 Å². The van der Waals surface area contributed by atoms with Crippen molar-refractivity contribution in [2.75, 3.05) is 0 Å². The number of nitriles is 1. The second-order valence-corrected chi connectivity index (χ2v) is 18.5. The van der Waals surface area contributed by atoms with E-state index in [0.717, 1.165) is 0 Å². The van der Waals surface area contributed by atoms with Crippen LogP contribution in [0, 0.1) is 17.9 Å². The van der Waals surface area contributed by atoms with Crippen LogP contribution in [0.1, 0.15) is 63.1 Å². The van der Waals surface area contributed by atoms with Crippen LogP contribution in [-0.2, 0) is 0 Å². The number of rotatable bonds is 5. The minimum absolute atomic E-state index is 0.494. The summed E-state index contributed by atoms with van der Waals surface area (Å²) in [6.07, 6.45) is 0. The van der Waals surface area contributed by atoms with Gasteiger partial charge in [0.15, 0.2) is 0 Å². The molecular formula is C76H42N6O. The standard InChI is InChI=1S/C76H42N6O/c1-78-71-73(79-61-31-13-6-24-50(61)51-25-7-14-32-62(51)79)60(44-77)74(80-63-33-15-8-26-52(63)53-27-9-16-34-64(53)80)76(75(71)81-65-35-17-10-28-54(65)55-29-11-18-36-66(55)81)82-67-43-46(59-42-45-20-2-3-21-47(45)48-22-4-5-23-49(48)59)38-39-56(67)57-40-41-69-70(72(57)82)58-30-12-19-37-68(58)83-69/h2-43H/i2D,3D,4D,5D,6D,7D,8D,9D,10D,11D,12D,13D,14D,15D,16D,17D,18D,19D,20D,21D,22D,23D,24D,25D,26D,27D,28D,29D,30D,31D,32D,33D,34D,35D,36D,37D,38D,39D,40D,41D,42D,43D. The van der Waals surface area contributed by atoms with Crippen LogP contribution in [0.15, 0.2) is 258 Å². The summed E-state index contributed by atoms with van der Waals surface area (Å²) in [4.78, 5) is 4.08. The van der Waals surface area contributed by atoms with Gasteiger partial charge in [0.05, 0.1) is 142 Å². The molecule has 7 heteroatoms. The minimum Gasteiger partial charge on any atom is -0.456 e. The van der Waals surface area contributed by atoms with E-state index >= 15 is 0 Å². The van der Waals surface area contributed by atoms with E-state index in [9.17, 15) is 61.2 Å². The number of nitrogens with zero attached hydrogens (tertiary/aromatic N) is 6. The van der Waals surface area contributed by atoms with Crippen molar-refractivity contribution >= 4 is 136 Å². The van der Waals surface area contributed by atoms with Crippen molar-refractivity contribution in [1.29, 1.82) is 5.26 Å². The van der Waals surface area contributed by atoms with Gasteiger partial charge in [0.1, 0.15) is 17.2 Å². The maximum Gasteiger partial charge on any atom is 0.237 e. The van der Waals surface area contributed by atoms with Gasteiger partial charge >= 0.3 is 0 Å². The molecule has 0 bridgehead atoms. The van der Waals surface area contributed by atoms with Gasteiger partial charge in [-0.1, -0.05) is 187 Å². The van der Waals surface area contributed by atoms with Crippen LogP contribution in [0.3, 0.4) is 0 Å². The molecule has 0 spiro atoms. The molecule has 0 radical (unpaired) electrons. The number of hydrogen-bond donors (Lipinski definition) is 0. The molecule has 83 heavy (non-hydrogen) atoms. The molecule has 5 heterocycles. The smallest absolute Gasteiger partial charge is 0.237 e. The number of para-hydroxylation sites is 7. The highest BCUT2D eigenvalue weighted by molar-refractivity contribution is 6.26. The van der Waals surface area contributed by atoms with E-state index < -0.39 is 430 Å². The molecule has 0 saturated heterocycles. The fraction of sp³-hybridized carbons (Fsp3) is 0. The van der Waals surface area contributed by atoms with E-state index in [-0.39, 0.29) is 0 Å². The lowest BCUT2D eigenvalue weighted by molar-refractivity contribution is 0.669. The van der Waals surface area contributed by atoms with E-state index in [4.69, 9.17) is 12.6 Å². The van der Waals surface area contributed by atoms with Crippen LogP contribution >= 0.6 is 0 Å². The summed E-state index contributed by atoms with van der Waals surface area (Å²) in [6, 6.07) is -47.7. The van der Waals surface area contributed by atoms with E-state index in [0.29, 0.717) is 18.3 Å². The highest BCUT2D eigenvalue weighted by Gasteiger charge is 2.35. The first-order valence-electron chi connectivity index (χ1n) is 45.5. The van der Waals surface area contributed by atoms with E-state index in [2.05, 4.69) is 4.85 Å². The molecule has 0 aliphatic rings. The third-order valence-electron chi connectivity index (χ3n) is 14.6. The quantitative estimate of drug-likeness (QED) is 0.127. The predicted molar refractivity (Wildman–Crippen MR) is 343 cm³/mol. The second-order valence-electron chi connectivity index (χ2n) is 18.5. The fourth-order valence-corrected chi connectivity index (χ4v) is 11.4. The zero-order valence-electron chi connectivity index (χ0n) is 83.1.